The van der Waals surface area contributed by atoms with Crippen LogP contribution in [-0.4, -0.2) is 37.0 Å². The van der Waals surface area contributed by atoms with Gasteiger partial charge >= 0.3 is 7.12 Å². The van der Waals surface area contributed by atoms with Crippen molar-refractivity contribution in [1.82, 2.24) is 0 Å². The summed E-state index contributed by atoms with van der Waals surface area (Å²) in [7, 11) is -1.46. The molecule has 0 aliphatic heterocycles. The maximum absolute atomic E-state index is 9.07. The average Bonchev–Trinajstić information content (AvgIpc) is 2.49. The molecule has 1 aromatic rings. The molecule has 21 heavy (non-hydrogen) atoms. The molecule has 0 radical (unpaired) electrons. The number of hydrogen-bond acceptors (Lipinski definition) is 4. The molecule has 1 aromatic carbocycles. The van der Waals surface area contributed by atoms with E-state index in [1.807, 2.05) is 0 Å². The predicted octanol–water partition coefficient (Wildman–Crippen LogP) is 2.12. The molecular formula is C16H27BO4. The molecule has 0 amide bonds. The van der Waals surface area contributed by atoms with E-state index in [9.17, 15) is 0 Å². The van der Waals surface area contributed by atoms with Crippen molar-refractivity contribution in [3.8, 4) is 5.75 Å². The Balaban J connectivity index is 2.00. The summed E-state index contributed by atoms with van der Waals surface area (Å²) in [6, 6.07) is 6.80. The van der Waals surface area contributed by atoms with Gasteiger partial charge in [0.1, 0.15) is 12.4 Å². The van der Waals surface area contributed by atoms with Gasteiger partial charge in [-0.2, -0.15) is 0 Å². The Labute approximate surface area is 128 Å². The highest BCUT2D eigenvalue weighted by atomic mass is 16.5. The normalized spacial score (nSPS) is 10.6. The van der Waals surface area contributed by atoms with Crippen LogP contribution in [0.1, 0.15) is 45.4 Å². The minimum atomic E-state index is -1.46. The maximum atomic E-state index is 9.07. The van der Waals surface area contributed by atoms with E-state index in [1.165, 1.54) is 32.1 Å². The molecule has 0 saturated carbocycles. The number of unbranched alkanes of at least 4 members (excludes halogenated alkanes) is 5. The molecule has 0 heterocycles. The van der Waals surface area contributed by atoms with Gasteiger partial charge in [0, 0.05) is 6.61 Å². The molecule has 0 bridgehead atoms. The molecule has 5 heteroatoms. The monoisotopic (exact) mass is 294 g/mol. The number of ether oxygens (including phenoxy) is 2. The van der Waals surface area contributed by atoms with E-state index in [-0.39, 0.29) is 0 Å². The van der Waals surface area contributed by atoms with E-state index in [0.717, 1.165) is 13.0 Å². The van der Waals surface area contributed by atoms with Gasteiger partial charge in [-0.3, -0.25) is 0 Å². The highest BCUT2D eigenvalue weighted by molar-refractivity contribution is 6.58. The lowest BCUT2D eigenvalue weighted by Gasteiger charge is -2.08. The average molecular weight is 294 g/mol. The Hall–Kier alpha value is -1.04. The molecule has 4 nitrogen and oxygen atoms in total. The van der Waals surface area contributed by atoms with Crippen molar-refractivity contribution in [3.05, 3.63) is 24.3 Å². The second-order valence-electron chi connectivity index (χ2n) is 5.17. The summed E-state index contributed by atoms with van der Waals surface area (Å²) >= 11 is 0. The van der Waals surface area contributed by atoms with Gasteiger partial charge in [-0.05, 0) is 24.0 Å². The summed E-state index contributed by atoms with van der Waals surface area (Å²) in [6.07, 6.45) is 7.57. The van der Waals surface area contributed by atoms with Crippen molar-refractivity contribution >= 4 is 12.6 Å². The van der Waals surface area contributed by atoms with Gasteiger partial charge in [0.2, 0.25) is 0 Å². The van der Waals surface area contributed by atoms with Crippen LogP contribution in [0.5, 0.6) is 5.75 Å². The molecule has 0 atom stereocenters. The number of benzene rings is 1. The summed E-state index contributed by atoms with van der Waals surface area (Å²) in [4.78, 5) is 0. The summed E-state index contributed by atoms with van der Waals surface area (Å²) in [5, 5.41) is 18.1. The van der Waals surface area contributed by atoms with Crippen LogP contribution in [0.3, 0.4) is 0 Å². The van der Waals surface area contributed by atoms with Crippen LogP contribution in [0.2, 0.25) is 0 Å². The van der Waals surface area contributed by atoms with Crippen molar-refractivity contribution in [1.29, 1.82) is 0 Å². The summed E-state index contributed by atoms with van der Waals surface area (Å²) in [5.74, 6) is 0.628. The first-order valence-corrected chi connectivity index (χ1v) is 7.90. The van der Waals surface area contributed by atoms with Crippen molar-refractivity contribution in [3.63, 3.8) is 0 Å². The van der Waals surface area contributed by atoms with Gasteiger partial charge in [0.05, 0.1) is 6.61 Å². The van der Waals surface area contributed by atoms with Crippen LogP contribution in [0.25, 0.3) is 0 Å². The van der Waals surface area contributed by atoms with Crippen LogP contribution in [0, 0.1) is 0 Å². The molecule has 0 saturated heterocycles. The summed E-state index contributed by atoms with van der Waals surface area (Å²) < 4.78 is 11.0. The SMILES string of the molecule is CCCCCCCCOCCOc1cccc(B(O)O)c1. The van der Waals surface area contributed by atoms with E-state index < -0.39 is 7.12 Å². The van der Waals surface area contributed by atoms with Crippen LogP contribution < -0.4 is 10.2 Å². The number of rotatable bonds is 12. The van der Waals surface area contributed by atoms with Crippen molar-refractivity contribution in [2.45, 2.75) is 45.4 Å². The molecule has 1 rings (SSSR count). The number of hydrogen-bond donors (Lipinski definition) is 2. The van der Waals surface area contributed by atoms with Crippen LogP contribution in [0.4, 0.5) is 0 Å². The van der Waals surface area contributed by atoms with Gasteiger partial charge in [-0.25, -0.2) is 0 Å². The standard InChI is InChI=1S/C16H27BO4/c1-2-3-4-5-6-7-11-20-12-13-21-16-10-8-9-15(14-16)17(18)19/h8-10,14,18-19H,2-7,11-13H2,1H3. The zero-order valence-electron chi connectivity index (χ0n) is 13.0. The summed E-state index contributed by atoms with van der Waals surface area (Å²) in [5.41, 5.74) is 0.431. The minimum Gasteiger partial charge on any atom is -0.491 e. The maximum Gasteiger partial charge on any atom is 0.488 e. The van der Waals surface area contributed by atoms with E-state index in [2.05, 4.69) is 6.92 Å². The first-order chi connectivity index (χ1) is 10.2. The second kappa shape index (κ2) is 11.6. The van der Waals surface area contributed by atoms with Crippen LogP contribution in [-0.2, 0) is 4.74 Å². The van der Waals surface area contributed by atoms with Gasteiger partial charge < -0.3 is 19.5 Å². The molecule has 0 fully saturated rings. The highest BCUT2D eigenvalue weighted by Gasteiger charge is 2.10. The molecule has 0 spiro atoms. The quantitative estimate of drug-likeness (QED) is 0.458. The van der Waals surface area contributed by atoms with Gasteiger partial charge in [0.25, 0.3) is 0 Å². The van der Waals surface area contributed by atoms with E-state index in [4.69, 9.17) is 19.5 Å². The predicted molar refractivity (Wildman–Crippen MR) is 86.0 cm³/mol. The van der Waals surface area contributed by atoms with Crippen molar-refractivity contribution in [2.24, 2.45) is 0 Å². The third-order valence-corrected chi connectivity index (χ3v) is 3.29. The fourth-order valence-electron chi connectivity index (χ4n) is 2.07. The first-order valence-electron chi connectivity index (χ1n) is 7.90. The molecule has 0 aromatic heterocycles. The Bertz CT molecular complexity index is 371. The van der Waals surface area contributed by atoms with Gasteiger partial charge in [-0.15, -0.1) is 0 Å². The van der Waals surface area contributed by atoms with Crippen LogP contribution in [0.15, 0.2) is 24.3 Å². The Kier molecular flexibility index (Phi) is 9.96. The third-order valence-electron chi connectivity index (χ3n) is 3.29. The van der Waals surface area contributed by atoms with E-state index >= 15 is 0 Å². The molecule has 118 valence electrons. The minimum absolute atomic E-state index is 0.431. The highest BCUT2D eigenvalue weighted by Crippen LogP contribution is 2.07. The zero-order valence-corrected chi connectivity index (χ0v) is 13.0. The van der Waals surface area contributed by atoms with Crippen LogP contribution >= 0.6 is 0 Å². The fourth-order valence-corrected chi connectivity index (χ4v) is 2.07. The van der Waals surface area contributed by atoms with Gasteiger partial charge in [0.15, 0.2) is 0 Å². The molecule has 0 aliphatic rings. The Morgan fingerprint density at radius 1 is 0.952 bits per heavy atom. The van der Waals surface area contributed by atoms with E-state index in [0.29, 0.717) is 24.4 Å². The molecule has 2 N–H and O–H groups in total. The summed E-state index contributed by atoms with van der Waals surface area (Å²) in [6.45, 7) is 4.03. The van der Waals surface area contributed by atoms with Gasteiger partial charge in [-0.1, -0.05) is 51.2 Å². The second-order valence-corrected chi connectivity index (χ2v) is 5.17. The lowest BCUT2D eigenvalue weighted by Crippen LogP contribution is -2.29. The lowest BCUT2D eigenvalue weighted by atomic mass is 9.80. The largest absolute Gasteiger partial charge is 0.491 e. The molecule has 0 unspecified atom stereocenters. The zero-order chi connectivity index (χ0) is 15.3. The van der Waals surface area contributed by atoms with Crippen molar-refractivity contribution in [2.75, 3.05) is 19.8 Å². The molecule has 0 aliphatic carbocycles. The topological polar surface area (TPSA) is 58.9 Å². The first kappa shape index (κ1) is 18.0. The fraction of sp³-hybridized carbons (Fsp3) is 0.625. The van der Waals surface area contributed by atoms with E-state index in [1.54, 1.807) is 24.3 Å². The van der Waals surface area contributed by atoms with Crippen molar-refractivity contribution < 1.29 is 19.5 Å². The Morgan fingerprint density at radius 3 is 2.48 bits per heavy atom. The molecular weight excluding hydrogens is 267 g/mol. The Morgan fingerprint density at radius 2 is 1.71 bits per heavy atom. The third kappa shape index (κ3) is 8.76. The lowest BCUT2D eigenvalue weighted by molar-refractivity contribution is 0.0971. The smallest absolute Gasteiger partial charge is 0.488 e.